The third kappa shape index (κ3) is 4.29. The highest BCUT2D eigenvalue weighted by Crippen LogP contribution is 2.21. The third-order valence-electron chi connectivity index (χ3n) is 3.99. The molecule has 1 aliphatic heterocycles. The van der Waals surface area contributed by atoms with E-state index in [2.05, 4.69) is 5.32 Å². The fourth-order valence-corrected chi connectivity index (χ4v) is 2.75. The summed E-state index contributed by atoms with van der Waals surface area (Å²) in [6.07, 6.45) is 0.295. The monoisotopic (exact) mass is 340 g/mol. The average Bonchev–Trinajstić information content (AvgIpc) is 3.01. The molecule has 0 spiro atoms. The van der Waals surface area contributed by atoms with Crippen molar-refractivity contribution >= 4 is 17.5 Å². The molecule has 0 saturated carbocycles. The van der Waals surface area contributed by atoms with E-state index in [0.29, 0.717) is 18.7 Å². The first kappa shape index (κ1) is 16.8. The molecule has 1 N–H and O–H groups in total. The molecule has 3 rings (SSSR count). The lowest BCUT2D eigenvalue weighted by Gasteiger charge is -2.17. The van der Waals surface area contributed by atoms with E-state index in [9.17, 15) is 9.59 Å². The summed E-state index contributed by atoms with van der Waals surface area (Å²) in [7, 11) is 1.59. The topological polar surface area (TPSA) is 67.9 Å². The second kappa shape index (κ2) is 7.70. The molecular weight excluding hydrogens is 320 g/mol. The van der Waals surface area contributed by atoms with Gasteiger partial charge in [0, 0.05) is 18.7 Å². The van der Waals surface area contributed by atoms with Crippen LogP contribution in [0.5, 0.6) is 11.5 Å². The number of amides is 2. The molecule has 0 radical (unpaired) electrons. The summed E-state index contributed by atoms with van der Waals surface area (Å²) in [5.74, 6) is 1.07. The molecule has 0 aromatic heterocycles. The van der Waals surface area contributed by atoms with Gasteiger partial charge in [0.15, 0.2) is 6.61 Å². The quantitative estimate of drug-likeness (QED) is 0.873. The van der Waals surface area contributed by atoms with Crippen molar-refractivity contribution in [2.75, 3.05) is 25.2 Å². The fraction of sp³-hybridized carbons (Fsp3) is 0.263. The summed E-state index contributed by atoms with van der Waals surface area (Å²) in [5, 5.41) is 2.85. The SMILES string of the molecule is COc1ccc(OCC(=O)N[C@H]2CC(=O)N(c3ccccc3)C2)cc1. The van der Waals surface area contributed by atoms with E-state index in [1.165, 1.54) is 0 Å². The zero-order valence-corrected chi connectivity index (χ0v) is 14.0. The first-order valence-electron chi connectivity index (χ1n) is 8.07. The standard InChI is InChI=1S/C19H20N2O4/c1-24-16-7-9-17(10-8-16)25-13-18(22)20-14-11-19(23)21(12-14)15-5-3-2-4-6-15/h2-10,14H,11-13H2,1H3,(H,20,22)/t14-/m0/s1. The number of nitrogens with zero attached hydrogens (tertiary/aromatic N) is 1. The van der Waals surface area contributed by atoms with Gasteiger partial charge in [-0.15, -0.1) is 0 Å². The van der Waals surface area contributed by atoms with Gasteiger partial charge in [-0.25, -0.2) is 0 Å². The Morgan fingerprint density at radius 2 is 1.80 bits per heavy atom. The van der Waals surface area contributed by atoms with Crippen molar-refractivity contribution in [2.24, 2.45) is 0 Å². The Hall–Kier alpha value is -3.02. The number of rotatable bonds is 6. The van der Waals surface area contributed by atoms with Crippen molar-refractivity contribution in [2.45, 2.75) is 12.5 Å². The number of ether oxygens (including phenoxy) is 2. The molecule has 1 fully saturated rings. The van der Waals surface area contributed by atoms with E-state index in [0.717, 1.165) is 11.4 Å². The maximum absolute atomic E-state index is 12.1. The number of nitrogens with one attached hydrogen (secondary N) is 1. The summed E-state index contributed by atoms with van der Waals surface area (Å²) < 4.78 is 10.5. The molecule has 6 heteroatoms. The lowest BCUT2D eigenvalue weighted by molar-refractivity contribution is -0.123. The highest BCUT2D eigenvalue weighted by atomic mass is 16.5. The molecule has 2 amide bonds. The molecule has 6 nitrogen and oxygen atoms in total. The molecule has 1 aliphatic rings. The number of carbonyl (C=O) groups is 2. The molecule has 2 aromatic carbocycles. The fourth-order valence-electron chi connectivity index (χ4n) is 2.75. The van der Waals surface area contributed by atoms with Crippen LogP contribution in [0.2, 0.25) is 0 Å². The molecule has 1 saturated heterocycles. The number of hydrogen-bond acceptors (Lipinski definition) is 4. The molecule has 1 atom stereocenters. The molecule has 2 aromatic rings. The molecule has 0 aliphatic carbocycles. The van der Waals surface area contributed by atoms with Gasteiger partial charge >= 0.3 is 0 Å². The minimum absolute atomic E-state index is 0.00701. The first-order valence-corrected chi connectivity index (χ1v) is 8.07. The summed E-state index contributed by atoms with van der Waals surface area (Å²) in [5.41, 5.74) is 0.846. The largest absolute Gasteiger partial charge is 0.497 e. The van der Waals surface area contributed by atoms with E-state index in [1.54, 1.807) is 36.3 Å². The van der Waals surface area contributed by atoms with Gasteiger partial charge in [-0.3, -0.25) is 9.59 Å². The van der Waals surface area contributed by atoms with Gasteiger partial charge in [-0.05, 0) is 36.4 Å². The van der Waals surface area contributed by atoms with Crippen molar-refractivity contribution in [1.82, 2.24) is 5.32 Å². The van der Waals surface area contributed by atoms with Crippen LogP contribution < -0.4 is 19.7 Å². The van der Waals surface area contributed by atoms with E-state index in [-0.39, 0.29) is 24.5 Å². The number of methoxy groups -OCH3 is 1. The Labute approximate surface area is 146 Å². The Morgan fingerprint density at radius 3 is 2.48 bits per heavy atom. The predicted molar refractivity (Wildman–Crippen MR) is 93.8 cm³/mol. The number of anilines is 1. The Morgan fingerprint density at radius 1 is 1.12 bits per heavy atom. The molecule has 0 unspecified atom stereocenters. The average molecular weight is 340 g/mol. The predicted octanol–water partition coefficient (Wildman–Crippen LogP) is 2.00. The van der Waals surface area contributed by atoms with Crippen LogP contribution in [0.1, 0.15) is 6.42 Å². The van der Waals surface area contributed by atoms with Crippen molar-refractivity contribution in [1.29, 1.82) is 0 Å². The molecular formula is C19H20N2O4. The lowest BCUT2D eigenvalue weighted by atomic mass is 10.2. The molecule has 25 heavy (non-hydrogen) atoms. The second-order valence-corrected chi connectivity index (χ2v) is 5.77. The zero-order chi connectivity index (χ0) is 17.6. The summed E-state index contributed by atoms with van der Waals surface area (Å²) in [6.45, 7) is 0.374. The third-order valence-corrected chi connectivity index (χ3v) is 3.99. The Bertz CT molecular complexity index is 731. The highest BCUT2D eigenvalue weighted by molar-refractivity contribution is 5.96. The number of hydrogen-bond donors (Lipinski definition) is 1. The Kier molecular flexibility index (Phi) is 5.18. The van der Waals surface area contributed by atoms with Gasteiger partial charge in [-0.2, -0.15) is 0 Å². The maximum atomic E-state index is 12.1. The van der Waals surface area contributed by atoms with Crippen molar-refractivity contribution in [3.63, 3.8) is 0 Å². The summed E-state index contributed by atoms with van der Waals surface area (Å²) in [4.78, 5) is 25.9. The number of benzene rings is 2. The van der Waals surface area contributed by atoms with Gasteiger partial charge in [0.2, 0.25) is 5.91 Å². The van der Waals surface area contributed by atoms with Crippen molar-refractivity contribution in [3.8, 4) is 11.5 Å². The number of carbonyl (C=O) groups excluding carboxylic acids is 2. The zero-order valence-electron chi connectivity index (χ0n) is 14.0. The minimum Gasteiger partial charge on any atom is -0.497 e. The van der Waals surface area contributed by atoms with Crippen molar-refractivity contribution < 1.29 is 19.1 Å². The lowest BCUT2D eigenvalue weighted by Crippen LogP contribution is -2.39. The first-order chi connectivity index (χ1) is 12.2. The molecule has 130 valence electrons. The van der Waals surface area contributed by atoms with Crippen LogP contribution >= 0.6 is 0 Å². The normalized spacial score (nSPS) is 16.6. The Balaban J connectivity index is 1.49. The summed E-state index contributed by atoms with van der Waals surface area (Å²) >= 11 is 0. The van der Waals surface area contributed by atoms with Crippen LogP contribution in [0.25, 0.3) is 0 Å². The smallest absolute Gasteiger partial charge is 0.258 e. The van der Waals surface area contributed by atoms with Gasteiger partial charge in [0.25, 0.3) is 5.91 Å². The highest BCUT2D eigenvalue weighted by Gasteiger charge is 2.31. The van der Waals surface area contributed by atoms with E-state index in [4.69, 9.17) is 9.47 Å². The van der Waals surface area contributed by atoms with Crippen molar-refractivity contribution in [3.05, 3.63) is 54.6 Å². The maximum Gasteiger partial charge on any atom is 0.258 e. The second-order valence-electron chi connectivity index (χ2n) is 5.77. The van der Waals surface area contributed by atoms with Crippen LogP contribution in [-0.4, -0.2) is 38.1 Å². The minimum atomic E-state index is -0.247. The van der Waals surface area contributed by atoms with Crippen LogP contribution in [-0.2, 0) is 9.59 Å². The van der Waals surface area contributed by atoms with E-state index < -0.39 is 0 Å². The molecule has 0 bridgehead atoms. The van der Waals surface area contributed by atoms with Crippen LogP contribution in [0.15, 0.2) is 54.6 Å². The van der Waals surface area contributed by atoms with Gasteiger partial charge in [-0.1, -0.05) is 18.2 Å². The van der Waals surface area contributed by atoms with Gasteiger partial charge in [0.1, 0.15) is 11.5 Å². The van der Waals surface area contributed by atoms with E-state index in [1.807, 2.05) is 30.3 Å². The van der Waals surface area contributed by atoms with Gasteiger partial charge in [0.05, 0.1) is 13.2 Å². The van der Waals surface area contributed by atoms with Crippen LogP contribution in [0.3, 0.4) is 0 Å². The summed E-state index contributed by atoms with van der Waals surface area (Å²) in [6, 6.07) is 16.2. The van der Waals surface area contributed by atoms with Gasteiger partial charge < -0.3 is 19.7 Å². The van der Waals surface area contributed by atoms with Crippen LogP contribution in [0, 0.1) is 0 Å². The van der Waals surface area contributed by atoms with E-state index >= 15 is 0 Å². The number of para-hydroxylation sites is 1. The van der Waals surface area contributed by atoms with Crippen LogP contribution in [0.4, 0.5) is 5.69 Å². The molecule has 1 heterocycles.